The summed E-state index contributed by atoms with van der Waals surface area (Å²) in [7, 11) is 0. The standard InChI is InChI=1S/C24H13Cl6N3O2/c25-13-6-7-15(18(26)8-13)17-11-32(12-21(17)29)22-10-19(27)16(9-20(22)28)23(34)33(30)24(35)31-14-4-2-1-3-5-14/h1-12H,(H,31,35). The molecule has 0 saturated heterocycles. The predicted molar refractivity (Wildman–Crippen MR) is 144 cm³/mol. The van der Waals surface area contributed by atoms with E-state index in [0.29, 0.717) is 42.0 Å². The molecule has 0 saturated carbocycles. The molecule has 1 aromatic heterocycles. The molecular formula is C24H13Cl6N3O2. The number of imide groups is 1. The van der Waals surface area contributed by atoms with Gasteiger partial charge in [-0.25, -0.2) is 4.79 Å². The van der Waals surface area contributed by atoms with Crippen molar-refractivity contribution in [2.75, 3.05) is 5.32 Å². The van der Waals surface area contributed by atoms with Crippen molar-refractivity contribution in [1.82, 2.24) is 8.99 Å². The minimum atomic E-state index is -0.849. The maximum Gasteiger partial charge on any atom is 0.343 e. The molecule has 5 nitrogen and oxygen atoms in total. The highest BCUT2D eigenvalue weighted by atomic mass is 35.5. The van der Waals surface area contributed by atoms with E-state index in [1.54, 1.807) is 65.5 Å². The topological polar surface area (TPSA) is 54.3 Å². The number of benzene rings is 3. The van der Waals surface area contributed by atoms with Crippen LogP contribution in [0.15, 0.2) is 73.1 Å². The Hall–Kier alpha value is -2.38. The van der Waals surface area contributed by atoms with Crippen LogP contribution in [0.3, 0.4) is 0 Å². The molecule has 0 bridgehead atoms. The number of amides is 3. The van der Waals surface area contributed by atoms with Crippen LogP contribution >= 0.6 is 69.8 Å². The van der Waals surface area contributed by atoms with Gasteiger partial charge in [0.1, 0.15) is 0 Å². The van der Waals surface area contributed by atoms with Gasteiger partial charge in [-0.1, -0.05) is 82.3 Å². The summed E-state index contributed by atoms with van der Waals surface area (Å²) in [6.07, 6.45) is 3.35. The second-order valence-corrected chi connectivity index (χ2v) is 9.62. The summed E-state index contributed by atoms with van der Waals surface area (Å²) in [6.45, 7) is 0. The van der Waals surface area contributed by atoms with Gasteiger partial charge in [0.25, 0.3) is 5.91 Å². The molecule has 0 aliphatic heterocycles. The summed E-state index contributed by atoms with van der Waals surface area (Å²) in [6, 6.07) is 15.6. The van der Waals surface area contributed by atoms with Gasteiger partial charge in [-0.05, 0) is 36.4 Å². The van der Waals surface area contributed by atoms with Crippen molar-refractivity contribution in [2.24, 2.45) is 0 Å². The fraction of sp³-hybridized carbons (Fsp3) is 0. The van der Waals surface area contributed by atoms with Gasteiger partial charge in [0.2, 0.25) is 0 Å². The Kier molecular flexibility index (Phi) is 7.86. The van der Waals surface area contributed by atoms with Crippen LogP contribution in [-0.4, -0.2) is 20.9 Å². The lowest BCUT2D eigenvalue weighted by atomic mass is 10.1. The molecule has 3 aromatic carbocycles. The van der Waals surface area contributed by atoms with Crippen LogP contribution in [-0.2, 0) is 0 Å². The molecule has 0 aliphatic carbocycles. The van der Waals surface area contributed by atoms with E-state index >= 15 is 0 Å². The molecule has 3 amide bonds. The maximum atomic E-state index is 12.8. The first-order valence-electron chi connectivity index (χ1n) is 9.84. The number of hydrogen-bond acceptors (Lipinski definition) is 2. The molecular weight excluding hydrogens is 575 g/mol. The Morgan fingerprint density at radius 2 is 1.46 bits per heavy atom. The van der Waals surface area contributed by atoms with E-state index in [1.807, 2.05) is 0 Å². The number of carbonyl (C=O) groups excluding carboxylic acids is 2. The molecule has 0 spiro atoms. The van der Waals surface area contributed by atoms with Crippen molar-refractivity contribution in [3.8, 4) is 16.8 Å². The van der Waals surface area contributed by atoms with Gasteiger partial charge in [-0.15, -0.1) is 0 Å². The Bertz CT molecular complexity index is 1440. The van der Waals surface area contributed by atoms with E-state index < -0.39 is 11.9 Å². The molecule has 1 N–H and O–H groups in total. The van der Waals surface area contributed by atoms with Crippen LogP contribution in [0.2, 0.25) is 25.1 Å². The third-order valence-electron chi connectivity index (χ3n) is 4.93. The molecule has 4 rings (SSSR count). The zero-order valence-electron chi connectivity index (χ0n) is 17.4. The van der Waals surface area contributed by atoms with Gasteiger partial charge in [-0.2, -0.15) is 4.42 Å². The Morgan fingerprint density at radius 3 is 2.14 bits per heavy atom. The highest BCUT2D eigenvalue weighted by Crippen LogP contribution is 2.38. The molecule has 0 atom stereocenters. The summed E-state index contributed by atoms with van der Waals surface area (Å²) in [5, 5.41) is 4.05. The average molecular weight is 588 g/mol. The molecule has 0 unspecified atom stereocenters. The monoisotopic (exact) mass is 585 g/mol. The third-order valence-corrected chi connectivity index (χ3v) is 6.70. The maximum absolute atomic E-state index is 12.8. The smallest absolute Gasteiger partial charge is 0.320 e. The normalized spacial score (nSPS) is 10.8. The third kappa shape index (κ3) is 5.56. The number of para-hydroxylation sites is 1. The van der Waals surface area contributed by atoms with Gasteiger partial charge >= 0.3 is 6.03 Å². The van der Waals surface area contributed by atoms with Crippen molar-refractivity contribution in [2.45, 2.75) is 0 Å². The van der Waals surface area contributed by atoms with E-state index in [0.717, 1.165) is 0 Å². The largest absolute Gasteiger partial charge is 0.343 e. The van der Waals surface area contributed by atoms with Crippen LogP contribution in [0, 0.1) is 0 Å². The fourth-order valence-corrected chi connectivity index (χ4v) is 4.66. The molecule has 0 aliphatic rings. The van der Waals surface area contributed by atoms with Crippen LogP contribution < -0.4 is 5.32 Å². The number of halogens is 6. The van der Waals surface area contributed by atoms with Crippen molar-refractivity contribution in [1.29, 1.82) is 0 Å². The molecule has 4 aromatic rings. The average Bonchev–Trinajstić information content (AvgIpc) is 3.20. The summed E-state index contributed by atoms with van der Waals surface area (Å²) in [5.41, 5.74) is 2.18. The van der Waals surface area contributed by atoms with E-state index in [2.05, 4.69) is 5.32 Å². The Morgan fingerprint density at radius 1 is 0.743 bits per heavy atom. The summed E-state index contributed by atoms with van der Waals surface area (Å²) in [5.74, 6) is -0.849. The lowest BCUT2D eigenvalue weighted by molar-refractivity contribution is 0.0893. The zero-order chi connectivity index (χ0) is 25.3. The SMILES string of the molecule is O=C(Nc1ccccc1)N(Cl)C(=O)c1cc(Cl)c(-n2cc(Cl)c(-c3ccc(Cl)cc3Cl)c2)cc1Cl. The van der Waals surface area contributed by atoms with Crippen LogP contribution in [0.5, 0.6) is 0 Å². The lowest BCUT2D eigenvalue weighted by Crippen LogP contribution is -2.32. The Labute approximate surface area is 230 Å². The summed E-state index contributed by atoms with van der Waals surface area (Å²) in [4.78, 5) is 25.2. The van der Waals surface area contributed by atoms with E-state index in [-0.39, 0.29) is 15.6 Å². The molecule has 35 heavy (non-hydrogen) atoms. The molecule has 11 heteroatoms. The van der Waals surface area contributed by atoms with E-state index in [4.69, 9.17) is 69.8 Å². The van der Waals surface area contributed by atoms with E-state index in [1.165, 1.54) is 12.1 Å². The quantitative estimate of drug-likeness (QED) is 0.242. The van der Waals surface area contributed by atoms with Gasteiger partial charge in [0.05, 0.1) is 26.3 Å². The number of urea groups is 1. The first-order valence-corrected chi connectivity index (χ1v) is 12.1. The Balaban J connectivity index is 1.62. The number of aromatic nitrogens is 1. The predicted octanol–water partition coefficient (Wildman–Crippen LogP) is 9.24. The highest BCUT2D eigenvalue weighted by Gasteiger charge is 2.25. The summed E-state index contributed by atoms with van der Waals surface area (Å²) < 4.78 is 2.04. The lowest BCUT2D eigenvalue weighted by Gasteiger charge is -2.15. The number of carbonyl (C=O) groups is 2. The number of hydrogen-bond donors (Lipinski definition) is 1. The first kappa shape index (κ1) is 25.7. The van der Waals surface area contributed by atoms with Crippen molar-refractivity contribution < 1.29 is 9.59 Å². The first-order chi connectivity index (χ1) is 16.7. The van der Waals surface area contributed by atoms with Crippen LogP contribution in [0.25, 0.3) is 16.8 Å². The molecule has 0 radical (unpaired) electrons. The highest BCUT2D eigenvalue weighted by molar-refractivity contribution is 6.40. The molecule has 0 fully saturated rings. The number of rotatable bonds is 4. The van der Waals surface area contributed by atoms with Gasteiger partial charge in [-0.3, -0.25) is 4.79 Å². The van der Waals surface area contributed by atoms with Crippen LogP contribution in [0.4, 0.5) is 10.5 Å². The number of nitrogens with zero attached hydrogens (tertiary/aromatic N) is 2. The van der Waals surface area contributed by atoms with Crippen molar-refractivity contribution in [3.63, 3.8) is 0 Å². The van der Waals surface area contributed by atoms with E-state index in [9.17, 15) is 9.59 Å². The molecule has 1 heterocycles. The summed E-state index contributed by atoms with van der Waals surface area (Å²) >= 11 is 37.6. The van der Waals surface area contributed by atoms with Gasteiger partial charge in [0, 0.05) is 51.0 Å². The number of nitrogens with one attached hydrogen (secondary N) is 1. The van der Waals surface area contributed by atoms with Gasteiger partial charge < -0.3 is 9.88 Å². The second kappa shape index (κ2) is 10.7. The zero-order valence-corrected chi connectivity index (χ0v) is 21.9. The fourth-order valence-electron chi connectivity index (χ4n) is 3.26. The van der Waals surface area contributed by atoms with Gasteiger partial charge in [0.15, 0.2) is 0 Å². The second-order valence-electron chi connectivity index (χ2n) is 7.22. The number of anilines is 1. The molecule has 178 valence electrons. The minimum Gasteiger partial charge on any atom is -0.320 e. The van der Waals surface area contributed by atoms with Crippen molar-refractivity contribution in [3.05, 3.63) is 104 Å². The minimum absolute atomic E-state index is 0.0310. The van der Waals surface area contributed by atoms with Crippen molar-refractivity contribution >= 4 is 87.4 Å². The van der Waals surface area contributed by atoms with Crippen LogP contribution in [0.1, 0.15) is 10.4 Å².